The zero-order chi connectivity index (χ0) is 20.5. The lowest BCUT2D eigenvalue weighted by molar-refractivity contribution is -0.384. The van der Waals surface area contributed by atoms with Crippen LogP contribution in [0.15, 0.2) is 48.5 Å². The van der Waals surface area contributed by atoms with E-state index in [4.69, 9.17) is 4.74 Å². The number of hydrogen-bond donors (Lipinski definition) is 1. The van der Waals surface area contributed by atoms with Crippen LogP contribution in [0.1, 0.15) is 30.1 Å². The quantitative estimate of drug-likeness (QED) is 0.402. The van der Waals surface area contributed by atoms with E-state index in [1.807, 2.05) is 6.07 Å². The summed E-state index contributed by atoms with van der Waals surface area (Å²) in [5.41, 5.74) is 1.01. The fraction of sp³-hybridized carbons (Fsp3) is 0.300. The van der Waals surface area contributed by atoms with Crippen molar-refractivity contribution in [3.63, 3.8) is 0 Å². The van der Waals surface area contributed by atoms with Gasteiger partial charge in [-0.2, -0.15) is 0 Å². The van der Waals surface area contributed by atoms with E-state index in [0.29, 0.717) is 24.4 Å². The number of benzene rings is 2. The van der Waals surface area contributed by atoms with Crippen LogP contribution in [-0.2, 0) is 9.53 Å². The van der Waals surface area contributed by atoms with E-state index in [1.165, 1.54) is 17.0 Å². The van der Waals surface area contributed by atoms with Gasteiger partial charge < -0.3 is 15.0 Å². The molecule has 0 aliphatic rings. The Balaban J connectivity index is 2.27. The summed E-state index contributed by atoms with van der Waals surface area (Å²) >= 11 is 0. The van der Waals surface area contributed by atoms with Crippen molar-refractivity contribution in [3.05, 3.63) is 64.2 Å². The van der Waals surface area contributed by atoms with Gasteiger partial charge in [0, 0.05) is 37.3 Å². The number of nitrogens with one attached hydrogen (secondary N) is 1. The number of nitro benzene ring substituents is 1. The summed E-state index contributed by atoms with van der Waals surface area (Å²) in [7, 11) is 1.58. The van der Waals surface area contributed by atoms with E-state index in [2.05, 4.69) is 5.32 Å². The Hall–Kier alpha value is -3.42. The lowest BCUT2D eigenvalue weighted by atomic mass is 10.1. The third-order valence-corrected chi connectivity index (χ3v) is 4.09. The monoisotopic (exact) mass is 385 g/mol. The summed E-state index contributed by atoms with van der Waals surface area (Å²) in [5.74, 6) is -0.696. The molecule has 2 rings (SSSR count). The standard InChI is InChI=1S/C20H23N3O5/c1-3-28-19(24)10-7-13-22(16-8-5-4-6-9-16)20(25)15-11-12-17(21-2)18(14-15)23(26)27/h4-6,8-9,11-12,14,21H,3,7,10,13H2,1-2H3. The summed E-state index contributed by atoms with van der Waals surface area (Å²) in [6, 6.07) is 13.3. The number of esters is 1. The molecule has 0 radical (unpaired) electrons. The van der Waals surface area contributed by atoms with Gasteiger partial charge in [-0.15, -0.1) is 0 Å². The van der Waals surface area contributed by atoms with Gasteiger partial charge in [0.2, 0.25) is 0 Å². The van der Waals surface area contributed by atoms with E-state index >= 15 is 0 Å². The van der Waals surface area contributed by atoms with Crippen molar-refractivity contribution in [2.75, 3.05) is 30.4 Å². The molecule has 0 aromatic heterocycles. The van der Waals surface area contributed by atoms with Crippen molar-refractivity contribution in [2.45, 2.75) is 19.8 Å². The molecule has 0 atom stereocenters. The van der Waals surface area contributed by atoms with Crippen LogP contribution in [-0.4, -0.2) is 37.0 Å². The van der Waals surface area contributed by atoms with Crippen molar-refractivity contribution >= 4 is 28.9 Å². The van der Waals surface area contributed by atoms with Gasteiger partial charge >= 0.3 is 5.97 Å². The average molecular weight is 385 g/mol. The molecule has 148 valence electrons. The first kappa shape index (κ1) is 20.9. The van der Waals surface area contributed by atoms with Gasteiger partial charge in [0.25, 0.3) is 11.6 Å². The Labute approximate surface area is 163 Å². The van der Waals surface area contributed by atoms with Crippen molar-refractivity contribution in [3.8, 4) is 0 Å². The zero-order valence-corrected chi connectivity index (χ0v) is 15.9. The van der Waals surface area contributed by atoms with Crippen LogP contribution in [0.2, 0.25) is 0 Å². The van der Waals surface area contributed by atoms with Crippen LogP contribution in [0.5, 0.6) is 0 Å². The minimum Gasteiger partial charge on any atom is -0.466 e. The molecule has 0 bridgehead atoms. The number of rotatable bonds is 9. The molecule has 0 saturated carbocycles. The summed E-state index contributed by atoms with van der Waals surface area (Å²) in [5, 5.41) is 14.0. The molecule has 2 aromatic rings. The van der Waals surface area contributed by atoms with Crippen LogP contribution in [0.4, 0.5) is 17.1 Å². The summed E-state index contributed by atoms with van der Waals surface area (Å²) in [6.07, 6.45) is 0.597. The maximum absolute atomic E-state index is 13.1. The van der Waals surface area contributed by atoms with E-state index in [9.17, 15) is 19.7 Å². The molecule has 0 aliphatic carbocycles. The van der Waals surface area contributed by atoms with Gasteiger partial charge in [-0.1, -0.05) is 18.2 Å². The molecule has 8 nitrogen and oxygen atoms in total. The van der Waals surface area contributed by atoms with E-state index in [1.54, 1.807) is 44.3 Å². The molecule has 0 saturated heterocycles. The first-order valence-corrected chi connectivity index (χ1v) is 8.96. The smallest absolute Gasteiger partial charge is 0.305 e. The predicted octanol–water partition coefficient (Wildman–Crippen LogP) is 3.63. The van der Waals surface area contributed by atoms with E-state index in [-0.39, 0.29) is 36.1 Å². The summed E-state index contributed by atoms with van der Waals surface area (Å²) < 4.78 is 4.92. The highest BCUT2D eigenvalue weighted by atomic mass is 16.6. The maximum atomic E-state index is 13.1. The third kappa shape index (κ3) is 5.29. The van der Waals surface area contributed by atoms with Crippen molar-refractivity contribution in [1.29, 1.82) is 0 Å². The largest absolute Gasteiger partial charge is 0.466 e. The molecule has 0 spiro atoms. The van der Waals surface area contributed by atoms with Crippen molar-refractivity contribution in [1.82, 2.24) is 0 Å². The molecule has 0 heterocycles. The second kappa shape index (κ2) is 10.1. The van der Waals surface area contributed by atoms with E-state index in [0.717, 1.165) is 0 Å². The number of nitrogens with zero attached hydrogens (tertiary/aromatic N) is 2. The number of nitro groups is 1. The predicted molar refractivity (Wildman–Crippen MR) is 107 cm³/mol. The van der Waals surface area contributed by atoms with Crippen molar-refractivity contribution < 1.29 is 19.2 Å². The van der Waals surface area contributed by atoms with Gasteiger partial charge in [0.15, 0.2) is 0 Å². The molecule has 0 unspecified atom stereocenters. The molecule has 0 aliphatic heterocycles. The van der Waals surface area contributed by atoms with Crippen LogP contribution in [0.3, 0.4) is 0 Å². The Morgan fingerprint density at radius 3 is 2.50 bits per heavy atom. The number of anilines is 2. The Kier molecular flexibility index (Phi) is 7.50. The SMILES string of the molecule is CCOC(=O)CCCN(C(=O)c1ccc(NC)c([N+](=O)[O-])c1)c1ccccc1. The average Bonchev–Trinajstić information content (AvgIpc) is 2.71. The number of hydrogen-bond acceptors (Lipinski definition) is 6. The topological polar surface area (TPSA) is 102 Å². The molecule has 1 N–H and O–H groups in total. The van der Waals surface area contributed by atoms with Gasteiger partial charge in [-0.25, -0.2) is 0 Å². The first-order valence-electron chi connectivity index (χ1n) is 8.96. The minimum absolute atomic E-state index is 0.173. The highest BCUT2D eigenvalue weighted by molar-refractivity contribution is 6.06. The second-order valence-corrected chi connectivity index (χ2v) is 5.94. The number of carbonyl (C=O) groups excluding carboxylic acids is 2. The number of ether oxygens (including phenoxy) is 1. The van der Waals surface area contributed by atoms with Crippen LogP contribution >= 0.6 is 0 Å². The van der Waals surface area contributed by atoms with Crippen LogP contribution in [0.25, 0.3) is 0 Å². The second-order valence-electron chi connectivity index (χ2n) is 5.94. The zero-order valence-electron chi connectivity index (χ0n) is 15.9. The summed E-state index contributed by atoms with van der Waals surface area (Å²) in [6.45, 7) is 2.32. The molecular formula is C20H23N3O5. The van der Waals surface area contributed by atoms with E-state index < -0.39 is 4.92 Å². The molecule has 8 heteroatoms. The van der Waals surface area contributed by atoms with Crippen molar-refractivity contribution in [2.24, 2.45) is 0 Å². The summed E-state index contributed by atoms with van der Waals surface area (Å²) in [4.78, 5) is 36.9. The lowest BCUT2D eigenvalue weighted by Gasteiger charge is -2.23. The Morgan fingerprint density at radius 1 is 1.18 bits per heavy atom. The van der Waals surface area contributed by atoms with Gasteiger partial charge in [-0.05, 0) is 37.6 Å². The maximum Gasteiger partial charge on any atom is 0.305 e. The molecular weight excluding hydrogens is 362 g/mol. The number of carbonyl (C=O) groups is 2. The fourth-order valence-corrected chi connectivity index (χ4v) is 2.75. The minimum atomic E-state index is -0.532. The first-order chi connectivity index (χ1) is 13.5. The molecule has 1 amide bonds. The molecule has 28 heavy (non-hydrogen) atoms. The molecule has 2 aromatic carbocycles. The highest BCUT2D eigenvalue weighted by Crippen LogP contribution is 2.27. The van der Waals surface area contributed by atoms with Crippen LogP contribution in [0, 0.1) is 10.1 Å². The fourth-order valence-electron chi connectivity index (χ4n) is 2.75. The number of para-hydroxylation sites is 1. The van der Waals surface area contributed by atoms with Gasteiger partial charge in [0.1, 0.15) is 5.69 Å². The van der Waals surface area contributed by atoms with Gasteiger partial charge in [0.05, 0.1) is 11.5 Å². The third-order valence-electron chi connectivity index (χ3n) is 4.09. The Morgan fingerprint density at radius 2 is 1.89 bits per heavy atom. The highest BCUT2D eigenvalue weighted by Gasteiger charge is 2.22. The lowest BCUT2D eigenvalue weighted by Crippen LogP contribution is -2.32. The number of amides is 1. The van der Waals surface area contributed by atoms with Crippen LogP contribution < -0.4 is 10.2 Å². The van der Waals surface area contributed by atoms with Gasteiger partial charge in [-0.3, -0.25) is 19.7 Å². The normalized spacial score (nSPS) is 10.2. The molecule has 0 fully saturated rings. The Bertz CT molecular complexity index is 839.